The maximum absolute atomic E-state index is 14.4. The molecular weight excluding hydrogens is 378 g/mol. The van der Waals surface area contributed by atoms with Crippen LogP contribution >= 0.6 is 0 Å². The number of carbonyl (C=O) groups is 1. The average Bonchev–Trinajstić information content (AvgIpc) is 3.49. The number of amides is 1. The first kappa shape index (κ1) is 17.8. The Hall–Kier alpha value is -3.29. The van der Waals surface area contributed by atoms with Crippen LogP contribution in [0.5, 0.6) is 0 Å². The molecule has 148 valence electrons. The van der Waals surface area contributed by atoms with Crippen molar-refractivity contribution in [1.82, 2.24) is 20.0 Å². The van der Waals surface area contributed by atoms with E-state index in [0.717, 1.165) is 32.0 Å². The fraction of sp³-hybridized carbons (Fsp3) is 0.286. The lowest BCUT2D eigenvalue weighted by Gasteiger charge is -2.16. The highest BCUT2D eigenvalue weighted by Gasteiger charge is 2.29. The lowest BCUT2D eigenvalue weighted by molar-refractivity contribution is 0.0792. The molecule has 0 aromatic carbocycles. The molecule has 1 atom stereocenters. The number of fused-ring (bicyclic) bond motifs is 1. The molecule has 0 radical (unpaired) electrons. The van der Waals surface area contributed by atoms with Crippen LogP contribution in [0.3, 0.4) is 0 Å². The van der Waals surface area contributed by atoms with Gasteiger partial charge < -0.3 is 14.4 Å². The summed E-state index contributed by atoms with van der Waals surface area (Å²) in [7, 11) is 0. The van der Waals surface area contributed by atoms with Crippen molar-refractivity contribution < 1.29 is 18.1 Å². The topological polar surface area (TPSA) is 75.0 Å². The van der Waals surface area contributed by atoms with E-state index in [4.69, 9.17) is 4.52 Å². The van der Waals surface area contributed by atoms with E-state index in [0.29, 0.717) is 39.9 Å². The molecule has 3 aromatic rings. The number of hydrogen-bond donors (Lipinski definition) is 1. The zero-order valence-corrected chi connectivity index (χ0v) is 15.5. The number of allylic oxidation sites excluding steroid dienone is 4. The molecular formula is C21H18F2N4O2. The fourth-order valence-corrected chi connectivity index (χ4v) is 4.03. The van der Waals surface area contributed by atoms with Gasteiger partial charge in [0, 0.05) is 47.9 Å². The molecule has 3 aromatic heterocycles. The molecule has 1 N–H and O–H groups in total. The summed E-state index contributed by atoms with van der Waals surface area (Å²) < 4.78 is 33.6. The Bertz CT molecular complexity index is 1150. The number of pyridine rings is 1. The molecule has 2 aliphatic rings. The molecule has 4 heterocycles. The maximum Gasteiger partial charge on any atom is 0.255 e. The predicted octanol–water partition coefficient (Wildman–Crippen LogP) is 4.65. The molecule has 1 amide bonds. The van der Waals surface area contributed by atoms with Gasteiger partial charge >= 0.3 is 0 Å². The van der Waals surface area contributed by atoms with E-state index < -0.39 is 17.6 Å². The van der Waals surface area contributed by atoms with E-state index in [1.165, 1.54) is 6.20 Å². The van der Waals surface area contributed by atoms with Crippen molar-refractivity contribution >= 4 is 16.9 Å². The smallest absolute Gasteiger partial charge is 0.255 e. The van der Waals surface area contributed by atoms with Crippen molar-refractivity contribution in [1.29, 1.82) is 0 Å². The van der Waals surface area contributed by atoms with Gasteiger partial charge in [-0.2, -0.15) is 0 Å². The van der Waals surface area contributed by atoms with Crippen molar-refractivity contribution in [2.75, 3.05) is 13.1 Å². The third-order valence-corrected chi connectivity index (χ3v) is 5.56. The van der Waals surface area contributed by atoms with Gasteiger partial charge in [-0.05, 0) is 31.4 Å². The Kier molecular flexibility index (Phi) is 4.26. The van der Waals surface area contributed by atoms with Gasteiger partial charge in [-0.25, -0.2) is 13.8 Å². The third kappa shape index (κ3) is 2.95. The molecule has 1 saturated heterocycles. The second-order valence-corrected chi connectivity index (χ2v) is 7.32. The highest BCUT2D eigenvalue weighted by atomic mass is 19.2. The number of nitrogens with zero attached hydrogens (tertiary/aromatic N) is 3. The second kappa shape index (κ2) is 6.95. The van der Waals surface area contributed by atoms with Crippen molar-refractivity contribution in [3.63, 3.8) is 0 Å². The number of hydrogen-bond acceptors (Lipinski definition) is 4. The quantitative estimate of drug-likeness (QED) is 0.699. The van der Waals surface area contributed by atoms with E-state index >= 15 is 0 Å². The lowest BCUT2D eigenvalue weighted by atomic mass is 9.90. The van der Waals surface area contributed by atoms with Crippen LogP contribution in [0.2, 0.25) is 0 Å². The van der Waals surface area contributed by atoms with Crippen LogP contribution in [0.4, 0.5) is 8.78 Å². The number of carbonyl (C=O) groups excluding carboxylic acids is 1. The normalized spacial score (nSPS) is 19.5. The number of likely N-dealkylation sites (tertiary alicyclic amines) is 1. The molecule has 1 aliphatic heterocycles. The molecule has 0 saturated carbocycles. The number of aromatic nitrogens is 3. The predicted molar refractivity (Wildman–Crippen MR) is 102 cm³/mol. The third-order valence-electron chi connectivity index (χ3n) is 5.56. The highest BCUT2D eigenvalue weighted by molar-refractivity contribution is 6.00. The van der Waals surface area contributed by atoms with Crippen molar-refractivity contribution in [2.45, 2.75) is 25.2 Å². The highest BCUT2D eigenvalue weighted by Crippen LogP contribution is 2.41. The SMILES string of the molecule is O=C(c1cnc2[nH]cc(-c3oncc3C3CC=CC(F)=C3F)c2c1)N1CCCC1. The maximum atomic E-state index is 14.4. The number of nitrogens with one attached hydrogen (secondary N) is 1. The van der Waals surface area contributed by atoms with Crippen LogP contribution in [0, 0.1) is 0 Å². The monoisotopic (exact) mass is 396 g/mol. The van der Waals surface area contributed by atoms with Crippen LogP contribution in [0.15, 0.2) is 53.0 Å². The summed E-state index contributed by atoms with van der Waals surface area (Å²) in [5, 5.41) is 4.49. The van der Waals surface area contributed by atoms with Gasteiger partial charge in [0.1, 0.15) is 11.5 Å². The first-order valence-corrected chi connectivity index (χ1v) is 9.56. The van der Waals surface area contributed by atoms with Gasteiger partial charge in [-0.1, -0.05) is 11.2 Å². The Morgan fingerprint density at radius 3 is 2.90 bits per heavy atom. The van der Waals surface area contributed by atoms with E-state index in [1.807, 2.05) is 4.90 Å². The first-order chi connectivity index (χ1) is 14.1. The van der Waals surface area contributed by atoms with E-state index in [9.17, 15) is 13.6 Å². The Morgan fingerprint density at radius 1 is 1.24 bits per heavy atom. The summed E-state index contributed by atoms with van der Waals surface area (Å²) in [6.45, 7) is 1.49. The molecule has 29 heavy (non-hydrogen) atoms. The molecule has 1 fully saturated rings. The Labute approximate surface area is 164 Å². The summed E-state index contributed by atoms with van der Waals surface area (Å²) in [4.78, 5) is 21.9. The number of halogens is 2. The fourth-order valence-electron chi connectivity index (χ4n) is 4.03. The molecule has 0 spiro atoms. The summed E-state index contributed by atoms with van der Waals surface area (Å²) in [5.74, 6) is -2.23. The molecule has 8 heteroatoms. The minimum Gasteiger partial charge on any atom is -0.356 e. The minimum atomic E-state index is -0.882. The molecule has 1 unspecified atom stereocenters. The lowest BCUT2D eigenvalue weighted by Crippen LogP contribution is -2.27. The van der Waals surface area contributed by atoms with Gasteiger partial charge in [0.05, 0.1) is 11.8 Å². The minimum absolute atomic E-state index is 0.0599. The summed E-state index contributed by atoms with van der Waals surface area (Å²) in [5.41, 5.74) is 2.13. The van der Waals surface area contributed by atoms with Gasteiger partial charge in [0.25, 0.3) is 5.91 Å². The van der Waals surface area contributed by atoms with Gasteiger partial charge in [0.15, 0.2) is 11.6 Å². The Morgan fingerprint density at radius 2 is 2.07 bits per heavy atom. The van der Waals surface area contributed by atoms with Crippen molar-refractivity contribution in [3.05, 3.63) is 59.6 Å². The van der Waals surface area contributed by atoms with Crippen LogP contribution in [0.25, 0.3) is 22.4 Å². The largest absolute Gasteiger partial charge is 0.356 e. The second-order valence-electron chi connectivity index (χ2n) is 7.32. The number of H-pyrrole nitrogens is 1. The van der Waals surface area contributed by atoms with Gasteiger partial charge in [-0.15, -0.1) is 0 Å². The van der Waals surface area contributed by atoms with Crippen LogP contribution in [-0.2, 0) is 0 Å². The van der Waals surface area contributed by atoms with Crippen LogP contribution < -0.4 is 0 Å². The van der Waals surface area contributed by atoms with Gasteiger partial charge in [0.2, 0.25) is 0 Å². The molecule has 6 nitrogen and oxygen atoms in total. The summed E-state index contributed by atoms with van der Waals surface area (Å²) >= 11 is 0. The van der Waals surface area contributed by atoms with E-state index in [-0.39, 0.29) is 5.91 Å². The van der Waals surface area contributed by atoms with E-state index in [2.05, 4.69) is 15.1 Å². The number of aromatic amines is 1. The van der Waals surface area contributed by atoms with Crippen LogP contribution in [0.1, 0.15) is 41.1 Å². The van der Waals surface area contributed by atoms with Crippen molar-refractivity contribution in [3.8, 4) is 11.3 Å². The summed E-state index contributed by atoms with van der Waals surface area (Å²) in [6, 6.07) is 1.76. The van der Waals surface area contributed by atoms with E-state index in [1.54, 1.807) is 24.5 Å². The molecule has 5 rings (SSSR count). The average molecular weight is 396 g/mol. The van der Waals surface area contributed by atoms with Gasteiger partial charge in [-0.3, -0.25) is 4.79 Å². The standard InChI is InChI=1S/C21H18F2N4O2/c22-17-5-3-4-13(18(17)23)16-11-26-29-19(16)15-10-25-20-14(15)8-12(9-24-20)21(28)27-6-1-2-7-27/h3,5,8-11,13H,1-2,4,6-7H2,(H,24,25). The zero-order chi connectivity index (χ0) is 20.0. The Balaban J connectivity index is 1.57. The van der Waals surface area contributed by atoms with Crippen molar-refractivity contribution in [2.24, 2.45) is 0 Å². The molecule has 0 bridgehead atoms. The van der Waals surface area contributed by atoms with Crippen LogP contribution in [-0.4, -0.2) is 39.0 Å². The summed E-state index contributed by atoms with van der Waals surface area (Å²) in [6.07, 6.45) is 9.68. The zero-order valence-electron chi connectivity index (χ0n) is 15.5. The molecule has 1 aliphatic carbocycles. The number of rotatable bonds is 3. The first-order valence-electron chi connectivity index (χ1n) is 9.56.